The van der Waals surface area contributed by atoms with Gasteiger partial charge in [0.2, 0.25) is 0 Å². The number of aromatic nitrogens is 1. The zero-order chi connectivity index (χ0) is 13.2. The summed E-state index contributed by atoms with van der Waals surface area (Å²) >= 11 is 3.45. The summed E-state index contributed by atoms with van der Waals surface area (Å²) in [4.78, 5) is 7.19. The standard InChI is InChI=1S/C14H19N3S2/c1-10(15)14-16-12(9-19-14)7-17(13-2-3-13)6-11-4-5-18-8-11/h4-5,8-10,13H,2-3,6-7,15H2,1H3. The molecule has 102 valence electrons. The maximum absolute atomic E-state index is 5.88. The minimum atomic E-state index is 0.0463. The van der Waals surface area contributed by atoms with E-state index >= 15 is 0 Å². The third-order valence-electron chi connectivity index (χ3n) is 3.35. The molecule has 0 amide bonds. The van der Waals surface area contributed by atoms with Crippen molar-refractivity contribution in [3.8, 4) is 0 Å². The molecule has 2 aromatic heterocycles. The van der Waals surface area contributed by atoms with Crippen LogP contribution in [0.5, 0.6) is 0 Å². The molecule has 1 aliphatic rings. The fourth-order valence-corrected chi connectivity index (χ4v) is 3.61. The highest BCUT2D eigenvalue weighted by molar-refractivity contribution is 7.09. The molecule has 0 aromatic carbocycles. The Hall–Kier alpha value is -0.750. The van der Waals surface area contributed by atoms with Gasteiger partial charge in [0.1, 0.15) is 5.01 Å². The van der Waals surface area contributed by atoms with Gasteiger partial charge in [-0.1, -0.05) is 0 Å². The first-order valence-electron chi connectivity index (χ1n) is 6.67. The summed E-state index contributed by atoms with van der Waals surface area (Å²) in [5.74, 6) is 0. The smallest absolute Gasteiger partial charge is 0.109 e. The molecule has 2 heterocycles. The van der Waals surface area contributed by atoms with E-state index in [2.05, 4.69) is 32.1 Å². The Morgan fingerprint density at radius 1 is 1.42 bits per heavy atom. The molecule has 1 unspecified atom stereocenters. The number of nitrogens with two attached hydrogens (primary N) is 1. The Morgan fingerprint density at radius 3 is 2.84 bits per heavy atom. The van der Waals surface area contributed by atoms with E-state index < -0.39 is 0 Å². The average Bonchev–Trinajstić information content (AvgIpc) is 2.90. The highest BCUT2D eigenvalue weighted by atomic mass is 32.1. The quantitative estimate of drug-likeness (QED) is 0.887. The molecule has 0 saturated heterocycles. The van der Waals surface area contributed by atoms with Gasteiger partial charge in [0.15, 0.2) is 0 Å². The van der Waals surface area contributed by atoms with E-state index in [1.165, 1.54) is 24.1 Å². The first-order valence-corrected chi connectivity index (χ1v) is 8.49. The summed E-state index contributed by atoms with van der Waals surface area (Å²) < 4.78 is 0. The van der Waals surface area contributed by atoms with Crippen LogP contribution in [0.15, 0.2) is 22.2 Å². The molecule has 2 aromatic rings. The van der Waals surface area contributed by atoms with E-state index in [4.69, 9.17) is 5.73 Å². The minimum Gasteiger partial charge on any atom is -0.322 e. The van der Waals surface area contributed by atoms with Gasteiger partial charge in [-0.3, -0.25) is 4.90 Å². The lowest BCUT2D eigenvalue weighted by Crippen LogP contribution is -2.25. The molecule has 0 aliphatic heterocycles. The van der Waals surface area contributed by atoms with Crippen molar-refractivity contribution in [3.05, 3.63) is 38.5 Å². The van der Waals surface area contributed by atoms with E-state index in [0.29, 0.717) is 0 Å². The van der Waals surface area contributed by atoms with Crippen LogP contribution < -0.4 is 5.73 Å². The van der Waals surface area contributed by atoms with Crippen molar-refractivity contribution >= 4 is 22.7 Å². The zero-order valence-electron chi connectivity index (χ0n) is 11.1. The van der Waals surface area contributed by atoms with Crippen LogP contribution in [0.2, 0.25) is 0 Å². The summed E-state index contributed by atoms with van der Waals surface area (Å²) in [7, 11) is 0. The lowest BCUT2D eigenvalue weighted by Gasteiger charge is -2.20. The van der Waals surface area contributed by atoms with Crippen LogP contribution in [-0.4, -0.2) is 15.9 Å². The largest absolute Gasteiger partial charge is 0.322 e. The summed E-state index contributed by atoms with van der Waals surface area (Å²) in [6, 6.07) is 3.01. The van der Waals surface area contributed by atoms with Gasteiger partial charge in [0.05, 0.1) is 11.7 Å². The van der Waals surface area contributed by atoms with Gasteiger partial charge in [-0.2, -0.15) is 11.3 Å². The molecular formula is C14H19N3S2. The SMILES string of the molecule is CC(N)c1nc(CN(Cc2ccsc2)C2CC2)cs1. The first-order chi connectivity index (χ1) is 9.22. The Labute approximate surface area is 122 Å². The first kappa shape index (κ1) is 13.2. The molecule has 5 heteroatoms. The lowest BCUT2D eigenvalue weighted by molar-refractivity contribution is 0.243. The van der Waals surface area contributed by atoms with Crippen LogP contribution in [0, 0.1) is 0 Å². The van der Waals surface area contributed by atoms with E-state index in [-0.39, 0.29) is 6.04 Å². The normalized spacial score (nSPS) is 17.0. The van der Waals surface area contributed by atoms with Crippen molar-refractivity contribution in [1.82, 2.24) is 9.88 Å². The predicted octanol–water partition coefficient (Wildman–Crippen LogP) is 3.39. The van der Waals surface area contributed by atoms with Crippen molar-refractivity contribution in [2.45, 2.75) is 44.9 Å². The van der Waals surface area contributed by atoms with E-state index in [1.807, 2.05) is 6.92 Å². The third kappa shape index (κ3) is 3.42. The number of hydrogen-bond acceptors (Lipinski definition) is 5. The van der Waals surface area contributed by atoms with Gasteiger partial charge in [-0.25, -0.2) is 4.98 Å². The third-order valence-corrected chi connectivity index (χ3v) is 5.18. The van der Waals surface area contributed by atoms with Crippen LogP contribution in [0.3, 0.4) is 0 Å². The van der Waals surface area contributed by atoms with Crippen molar-refractivity contribution in [3.63, 3.8) is 0 Å². The van der Waals surface area contributed by atoms with E-state index in [9.17, 15) is 0 Å². The van der Waals surface area contributed by atoms with Gasteiger partial charge in [-0.15, -0.1) is 11.3 Å². The second-order valence-electron chi connectivity index (χ2n) is 5.23. The number of nitrogens with zero attached hydrogens (tertiary/aromatic N) is 2. The molecular weight excluding hydrogens is 274 g/mol. The maximum Gasteiger partial charge on any atom is 0.109 e. The Morgan fingerprint density at radius 2 is 2.26 bits per heavy atom. The average molecular weight is 293 g/mol. The van der Waals surface area contributed by atoms with Gasteiger partial charge in [0.25, 0.3) is 0 Å². The summed E-state index contributed by atoms with van der Waals surface area (Å²) in [6.45, 7) is 3.98. The van der Waals surface area contributed by atoms with Crippen molar-refractivity contribution in [2.24, 2.45) is 5.73 Å². The van der Waals surface area contributed by atoms with Crippen molar-refractivity contribution in [2.75, 3.05) is 0 Å². The molecule has 1 fully saturated rings. The fraction of sp³-hybridized carbons (Fsp3) is 0.500. The second-order valence-corrected chi connectivity index (χ2v) is 6.90. The topological polar surface area (TPSA) is 42.1 Å². The van der Waals surface area contributed by atoms with Crippen molar-refractivity contribution in [1.29, 1.82) is 0 Å². The monoisotopic (exact) mass is 293 g/mol. The number of rotatable bonds is 6. The van der Waals surface area contributed by atoms with E-state index in [1.54, 1.807) is 22.7 Å². The zero-order valence-corrected chi connectivity index (χ0v) is 12.7. The van der Waals surface area contributed by atoms with Crippen LogP contribution in [0.4, 0.5) is 0 Å². The molecule has 1 atom stereocenters. The Balaban J connectivity index is 1.67. The van der Waals surface area contributed by atoms with Crippen LogP contribution in [0.1, 0.15) is 42.1 Å². The Kier molecular flexibility index (Phi) is 3.98. The predicted molar refractivity (Wildman–Crippen MR) is 81.3 cm³/mol. The highest BCUT2D eigenvalue weighted by Gasteiger charge is 2.29. The molecule has 1 saturated carbocycles. The molecule has 0 spiro atoms. The number of hydrogen-bond donors (Lipinski definition) is 1. The van der Waals surface area contributed by atoms with Crippen LogP contribution in [0.25, 0.3) is 0 Å². The van der Waals surface area contributed by atoms with Gasteiger partial charge in [-0.05, 0) is 42.2 Å². The van der Waals surface area contributed by atoms with Crippen LogP contribution in [-0.2, 0) is 13.1 Å². The maximum atomic E-state index is 5.88. The second kappa shape index (κ2) is 5.71. The molecule has 19 heavy (non-hydrogen) atoms. The molecule has 2 N–H and O–H groups in total. The molecule has 3 rings (SSSR count). The molecule has 0 radical (unpaired) electrons. The Bertz CT molecular complexity index is 515. The summed E-state index contributed by atoms with van der Waals surface area (Å²) in [5, 5.41) is 7.59. The van der Waals surface area contributed by atoms with Gasteiger partial charge >= 0.3 is 0 Å². The number of thiophene rings is 1. The summed E-state index contributed by atoms with van der Waals surface area (Å²) in [6.07, 6.45) is 2.66. The van der Waals surface area contributed by atoms with E-state index in [0.717, 1.165) is 24.1 Å². The van der Waals surface area contributed by atoms with Gasteiger partial charge in [0, 0.05) is 24.5 Å². The molecule has 3 nitrogen and oxygen atoms in total. The summed E-state index contributed by atoms with van der Waals surface area (Å²) in [5.41, 5.74) is 8.46. The highest BCUT2D eigenvalue weighted by Crippen LogP contribution is 2.30. The molecule has 1 aliphatic carbocycles. The molecule has 0 bridgehead atoms. The fourth-order valence-electron chi connectivity index (χ4n) is 2.18. The lowest BCUT2D eigenvalue weighted by atomic mass is 10.3. The van der Waals surface area contributed by atoms with Crippen LogP contribution >= 0.6 is 22.7 Å². The van der Waals surface area contributed by atoms with Gasteiger partial charge < -0.3 is 5.73 Å². The minimum absolute atomic E-state index is 0.0463. The number of thiazole rings is 1. The van der Waals surface area contributed by atoms with Crippen molar-refractivity contribution < 1.29 is 0 Å².